The van der Waals surface area contributed by atoms with Gasteiger partial charge in [0.25, 0.3) is 0 Å². The van der Waals surface area contributed by atoms with Crippen LogP contribution in [0.1, 0.15) is 24.2 Å². The van der Waals surface area contributed by atoms with E-state index in [9.17, 15) is 0 Å². The molecule has 1 aliphatic heterocycles. The number of piperazine rings is 1. The average molecular weight is 403 g/mol. The van der Waals surface area contributed by atoms with Gasteiger partial charge in [-0.3, -0.25) is 4.99 Å². The van der Waals surface area contributed by atoms with Crippen LogP contribution in [-0.4, -0.2) is 60.2 Å². The fourth-order valence-electron chi connectivity index (χ4n) is 3.66. The summed E-state index contributed by atoms with van der Waals surface area (Å²) in [5.41, 5.74) is 2.51. The van der Waals surface area contributed by atoms with Crippen molar-refractivity contribution in [3.63, 3.8) is 0 Å². The first-order chi connectivity index (χ1) is 13.6. The van der Waals surface area contributed by atoms with Crippen LogP contribution in [0.4, 0.5) is 5.69 Å². The van der Waals surface area contributed by atoms with Crippen molar-refractivity contribution >= 4 is 23.2 Å². The van der Waals surface area contributed by atoms with Crippen LogP contribution < -0.4 is 10.2 Å². The number of imidazole rings is 1. The second-order valence-electron chi connectivity index (χ2n) is 7.25. The van der Waals surface area contributed by atoms with Crippen LogP contribution in [0.2, 0.25) is 5.02 Å². The van der Waals surface area contributed by atoms with Crippen molar-refractivity contribution in [3.05, 3.63) is 47.0 Å². The molecule has 1 N–H and O–H groups in total. The Kier molecular flexibility index (Phi) is 7.20. The SMILES string of the molecule is CN=C(NCCCCn1ccnc1C)N1CCN(c2cc(Cl)ccc2C)CC1. The van der Waals surface area contributed by atoms with Gasteiger partial charge in [-0.15, -0.1) is 0 Å². The van der Waals surface area contributed by atoms with Crippen molar-refractivity contribution in [2.24, 2.45) is 4.99 Å². The van der Waals surface area contributed by atoms with Crippen molar-refractivity contribution in [2.45, 2.75) is 33.2 Å². The number of anilines is 1. The highest BCUT2D eigenvalue weighted by molar-refractivity contribution is 6.30. The molecule has 1 saturated heterocycles. The second kappa shape index (κ2) is 9.82. The smallest absolute Gasteiger partial charge is 0.193 e. The second-order valence-corrected chi connectivity index (χ2v) is 7.69. The van der Waals surface area contributed by atoms with Gasteiger partial charge in [0.15, 0.2) is 5.96 Å². The van der Waals surface area contributed by atoms with E-state index in [1.165, 1.54) is 11.3 Å². The first kappa shape index (κ1) is 20.5. The lowest BCUT2D eigenvalue weighted by atomic mass is 10.1. The molecular formula is C21H31ClN6. The maximum absolute atomic E-state index is 6.19. The highest BCUT2D eigenvalue weighted by atomic mass is 35.5. The van der Waals surface area contributed by atoms with Crippen molar-refractivity contribution in [3.8, 4) is 0 Å². The van der Waals surface area contributed by atoms with Gasteiger partial charge in [0.1, 0.15) is 5.82 Å². The third-order valence-corrected chi connectivity index (χ3v) is 5.57. The minimum atomic E-state index is 0.798. The molecule has 0 saturated carbocycles. The fraction of sp³-hybridized carbons (Fsp3) is 0.524. The van der Waals surface area contributed by atoms with Crippen LogP contribution >= 0.6 is 11.6 Å². The summed E-state index contributed by atoms with van der Waals surface area (Å²) in [6.07, 6.45) is 6.14. The lowest BCUT2D eigenvalue weighted by Gasteiger charge is -2.38. The summed E-state index contributed by atoms with van der Waals surface area (Å²) in [5.74, 6) is 2.08. The molecule has 2 heterocycles. The first-order valence-corrected chi connectivity index (χ1v) is 10.4. The molecule has 1 aromatic heterocycles. The van der Waals surface area contributed by atoms with Crippen LogP contribution in [0.15, 0.2) is 35.6 Å². The summed E-state index contributed by atoms with van der Waals surface area (Å²) in [6.45, 7) is 10.0. The van der Waals surface area contributed by atoms with Crippen LogP contribution in [-0.2, 0) is 6.54 Å². The third-order valence-electron chi connectivity index (χ3n) is 5.34. The number of benzene rings is 1. The number of hydrogen-bond donors (Lipinski definition) is 1. The summed E-state index contributed by atoms with van der Waals surface area (Å²) in [7, 11) is 1.87. The Balaban J connectivity index is 1.42. The van der Waals surface area contributed by atoms with Crippen molar-refractivity contribution < 1.29 is 0 Å². The van der Waals surface area contributed by atoms with Crippen LogP contribution in [0.25, 0.3) is 0 Å². The predicted octanol–water partition coefficient (Wildman–Crippen LogP) is 3.33. The third kappa shape index (κ3) is 5.19. The maximum atomic E-state index is 6.19. The van der Waals surface area contributed by atoms with Gasteiger partial charge in [0.2, 0.25) is 0 Å². The van der Waals surface area contributed by atoms with Gasteiger partial charge < -0.3 is 19.7 Å². The summed E-state index contributed by atoms with van der Waals surface area (Å²) in [6, 6.07) is 6.12. The molecule has 3 rings (SSSR count). The van der Waals surface area contributed by atoms with E-state index in [1.54, 1.807) is 0 Å². The zero-order valence-corrected chi connectivity index (χ0v) is 17.9. The molecule has 0 atom stereocenters. The normalized spacial score (nSPS) is 15.2. The summed E-state index contributed by atoms with van der Waals surface area (Å²) in [5, 5.41) is 4.32. The fourth-order valence-corrected chi connectivity index (χ4v) is 3.83. The molecule has 7 heteroatoms. The number of nitrogens with zero attached hydrogens (tertiary/aromatic N) is 5. The number of unbranched alkanes of at least 4 members (excludes halogenated alkanes) is 1. The van der Waals surface area contributed by atoms with E-state index < -0.39 is 0 Å². The Bertz CT molecular complexity index is 792. The molecule has 2 aromatic rings. The Hall–Kier alpha value is -2.21. The monoisotopic (exact) mass is 402 g/mol. The first-order valence-electron chi connectivity index (χ1n) is 10.0. The van der Waals surface area contributed by atoms with Gasteiger partial charge >= 0.3 is 0 Å². The Morgan fingerprint density at radius 1 is 1.18 bits per heavy atom. The molecule has 0 amide bonds. The van der Waals surface area contributed by atoms with Crippen LogP contribution in [0.3, 0.4) is 0 Å². The number of aromatic nitrogens is 2. The van der Waals surface area contributed by atoms with Gasteiger partial charge in [0, 0.05) is 69.4 Å². The zero-order chi connectivity index (χ0) is 19.9. The minimum absolute atomic E-state index is 0.798. The van der Waals surface area contributed by atoms with Gasteiger partial charge in [0.05, 0.1) is 0 Å². The molecule has 1 fully saturated rings. The Labute approximate surface area is 173 Å². The Morgan fingerprint density at radius 3 is 2.64 bits per heavy atom. The highest BCUT2D eigenvalue weighted by Gasteiger charge is 2.20. The van der Waals surface area contributed by atoms with E-state index in [0.717, 1.165) is 68.9 Å². The molecule has 28 heavy (non-hydrogen) atoms. The lowest BCUT2D eigenvalue weighted by molar-refractivity contribution is 0.372. The summed E-state index contributed by atoms with van der Waals surface area (Å²) < 4.78 is 2.20. The molecule has 1 aromatic carbocycles. The summed E-state index contributed by atoms with van der Waals surface area (Å²) in [4.78, 5) is 13.5. The van der Waals surface area contributed by atoms with Crippen molar-refractivity contribution in [1.82, 2.24) is 19.8 Å². The lowest BCUT2D eigenvalue weighted by Crippen LogP contribution is -2.52. The number of guanidine groups is 1. The van der Waals surface area contributed by atoms with Gasteiger partial charge in [-0.2, -0.15) is 0 Å². The van der Waals surface area contributed by atoms with E-state index in [2.05, 4.69) is 48.7 Å². The number of hydrogen-bond acceptors (Lipinski definition) is 3. The summed E-state index contributed by atoms with van der Waals surface area (Å²) >= 11 is 6.19. The number of aryl methyl sites for hydroxylation is 3. The van der Waals surface area contributed by atoms with Gasteiger partial charge in [-0.05, 0) is 44.4 Å². The van der Waals surface area contributed by atoms with Gasteiger partial charge in [-0.25, -0.2) is 4.98 Å². The Morgan fingerprint density at radius 2 is 1.96 bits per heavy atom. The van der Waals surface area contributed by atoms with Crippen molar-refractivity contribution in [1.29, 1.82) is 0 Å². The predicted molar refractivity (Wildman–Crippen MR) is 118 cm³/mol. The minimum Gasteiger partial charge on any atom is -0.368 e. The number of rotatable bonds is 6. The molecule has 152 valence electrons. The van der Waals surface area contributed by atoms with Gasteiger partial charge in [-0.1, -0.05) is 17.7 Å². The molecular weight excluding hydrogens is 372 g/mol. The topological polar surface area (TPSA) is 48.7 Å². The molecule has 6 nitrogen and oxygen atoms in total. The zero-order valence-electron chi connectivity index (χ0n) is 17.2. The molecule has 0 spiro atoms. The van der Waals surface area contributed by atoms with Crippen molar-refractivity contribution in [2.75, 3.05) is 44.7 Å². The highest BCUT2D eigenvalue weighted by Crippen LogP contribution is 2.25. The maximum Gasteiger partial charge on any atom is 0.193 e. The number of halogens is 1. The van der Waals surface area contributed by atoms with Crippen LogP contribution in [0.5, 0.6) is 0 Å². The molecule has 0 aliphatic carbocycles. The van der Waals surface area contributed by atoms with E-state index in [4.69, 9.17) is 11.6 Å². The standard InChI is InChI=1S/C21H31ClN6/c1-17-6-7-19(22)16-20(17)27-12-14-28(15-13-27)21(23-3)25-8-4-5-10-26-11-9-24-18(26)2/h6-7,9,11,16H,4-5,8,10,12-15H2,1-3H3,(H,23,25). The largest absolute Gasteiger partial charge is 0.368 e. The number of aliphatic imine (C=N–C) groups is 1. The van der Waals surface area contributed by atoms with E-state index in [1.807, 2.05) is 32.4 Å². The molecule has 0 unspecified atom stereocenters. The number of nitrogens with one attached hydrogen (secondary N) is 1. The van der Waals surface area contributed by atoms with E-state index in [0.29, 0.717) is 0 Å². The van der Waals surface area contributed by atoms with Crippen LogP contribution in [0, 0.1) is 13.8 Å². The molecule has 0 bridgehead atoms. The van der Waals surface area contributed by atoms with E-state index >= 15 is 0 Å². The van der Waals surface area contributed by atoms with E-state index in [-0.39, 0.29) is 0 Å². The molecule has 0 radical (unpaired) electrons. The quantitative estimate of drug-likeness (QED) is 0.457. The molecule has 1 aliphatic rings. The average Bonchev–Trinajstić information content (AvgIpc) is 3.12.